The Morgan fingerprint density at radius 3 is 2.31 bits per heavy atom. The lowest BCUT2D eigenvalue weighted by Crippen LogP contribution is -2.57. The number of nitrogens with zero attached hydrogens (tertiary/aromatic N) is 1. The molecule has 1 fully saturated rings. The standard InChI is InChI=1S/C25H28Cl2FNO5S/c1-4-20(14-35(3,33)34)29-23(15-5-7-17(26)8-6-15)21(16-9-18(27)11-19(28)10-16)12-25(2,24(29)32)13-22(30)31/h5-11,20-21,23H,4,12-14H2,1-3H3,(H,30,31). The number of hydrogen-bond acceptors (Lipinski definition) is 4. The Bertz CT molecular complexity index is 1200. The normalized spacial score (nSPS) is 23.8. The van der Waals surface area contributed by atoms with Gasteiger partial charge in [0.1, 0.15) is 15.7 Å². The van der Waals surface area contributed by atoms with Crippen LogP contribution in [0.2, 0.25) is 10.0 Å². The van der Waals surface area contributed by atoms with Gasteiger partial charge in [-0.25, -0.2) is 12.8 Å². The monoisotopic (exact) mass is 543 g/mol. The van der Waals surface area contributed by atoms with Crippen LogP contribution in [0.1, 0.15) is 56.2 Å². The number of aliphatic carboxylic acids is 1. The van der Waals surface area contributed by atoms with E-state index in [1.165, 1.54) is 17.0 Å². The number of hydrogen-bond donors (Lipinski definition) is 1. The highest BCUT2D eigenvalue weighted by Crippen LogP contribution is 2.52. The molecule has 1 saturated heterocycles. The van der Waals surface area contributed by atoms with Crippen molar-refractivity contribution in [1.82, 2.24) is 4.90 Å². The molecule has 1 aliphatic rings. The van der Waals surface area contributed by atoms with E-state index in [4.69, 9.17) is 23.2 Å². The number of piperidine rings is 1. The van der Waals surface area contributed by atoms with Gasteiger partial charge < -0.3 is 10.0 Å². The van der Waals surface area contributed by atoms with E-state index in [9.17, 15) is 27.5 Å². The van der Waals surface area contributed by atoms with Crippen molar-refractivity contribution in [3.05, 3.63) is 69.5 Å². The molecule has 190 valence electrons. The second-order valence-corrected chi connectivity index (χ2v) is 12.6. The fourth-order valence-corrected chi connectivity index (χ4v) is 6.53. The molecular formula is C25H28Cl2FNO5S. The Labute approximate surface area is 215 Å². The van der Waals surface area contributed by atoms with Gasteiger partial charge in [0, 0.05) is 28.3 Å². The maximum atomic E-state index is 14.4. The van der Waals surface area contributed by atoms with E-state index in [1.807, 2.05) is 0 Å². The summed E-state index contributed by atoms with van der Waals surface area (Å²) in [6, 6.07) is 9.50. The third-order valence-corrected chi connectivity index (χ3v) is 7.99. The number of likely N-dealkylation sites (tertiary alicyclic amines) is 1. The molecule has 4 atom stereocenters. The zero-order valence-electron chi connectivity index (χ0n) is 19.7. The number of carboxylic acid groups (broad SMARTS) is 1. The number of amides is 1. The Kier molecular flexibility index (Phi) is 8.19. The molecule has 0 bridgehead atoms. The molecule has 1 heterocycles. The lowest BCUT2D eigenvalue weighted by Gasteiger charge is -2.51. The van der Waals surface area contributed by atoms with E-state index in [0.29, 0.717) is 22.6 Å². The van der Waals surface area contributed by atoms with E-state index < -0.39 is 57.4 Å². The highest BCUT2D eigenvalue weighted by Gasteiger charge is 2.52. The summed E-state index contributed by atoms with van der Waals surface area (Å²) in [5, 5.41) is 10.3. The second-order valence-electron chi connectivity index (χ2n) is 9.51. The summed E-state index contributed by atoms with van der Waals surface area (Å²) in [7, 11) is -3.49. The van der Waals surface area contributed by atoms with Crippen LogP contribution in [0.15, 0.2) is 42.5 Å². The minimum atomic E-state index is -3.49. The first kappa shape index (κ1) is 27.4. The lowest BCUT2D eigenvalue weighted by molar-refractivity contribution is -0.160. The van der Waals surface area contributed by atoms with E-state index in [0.717, 1.165) is 6.26 Å². The third-order valence-electron chi connectivity index (χ3n) is 6.53. The summed E-state index contributed by atoms with van der Waals surface area (Å²) in [5.74, 6) is -3.01. The summed E-state index contributed by atoms with van der Waals surface area (Å²) in [4.78, 5) is 27.2. The number of carbonyl (C=O) groups excluding carboxylic acids is 1. The van der Waals surface area contributed by atoms with Crippen LogP contribution in [0.25, 0.3) is 0 Å². The molecule has 6 nitrogen and oxygen atoms in total. The topological polar surface area (TPSA) is 91.8 Å². The quantitative estimate of drug-likeness (QED) is 0.475. The number of sulfone groups is 1. The molecule has 4 unspecified atom stereocenters. The van der Waals surface area contributed by atoms with Gasteiger partial charge in [-0.3, -0.25) is 9.59 Å². The van der Waals surface area contributed by atoms with E-state index in [1.54, 1.807) is 44.2 Å². The molecule has 0 aliphatic carbocycles. The average molecular weight is 544 g/mol. The van der Waals surface area contributed by atoms with Gasteiger partial charge in [-0.05, 0) is 54.3 Å². The van der Waals surface area contributed by atoms with Crippen molar-refractivity contribution in [2.45, 2.75) is 51.1 Å². The number of benzene rings is 2. The van der Waals surface area contributed by atoms with Crippen LogP contribution in [0.5, 0.6) is 0 Å². The number of rotatable bonds is 8. The van der Waals surface area contributed by atoms with Crippen molar-refractivity contribution >= 4 is 44.9 Å². The SMILES string of the molecule is CCC(CS(C)(=O)=O)N1C(=O)C(C)(CC(=O)O)CC(c2cc(F)cc(Cl)c2)C1c1ccc(Cl)cc1. The smallest absolute Gasteiger partial charge is 0.304 e. The van der Waals surface area contributed by atoms with Crippen molar-refractivity contribution in [3.63, 3.8) is 0 Å². The first-order chi connectivity index (χ1) is 16.2. The van der Waals surface area contributed by atoms with Crippen molar-refractivity contribution in [1.29, 1.82) is 0 Å². The van der Waals surface area contributed by atoms with Crippen molar-refractivity contribution in [2.24, 2.45) is 5.41 Å². The molecular weight excluding hydrogens is 516 g/mol. The molecule has 35 heavy (non-hydrogen) atoms. The van der Waals surface area contributed by atoms with Crippen LogP contribution in [-0.4, -0.2) is 48.4 Å². The molecule has 10 heteroatoms. The zero-order chi connectivity index (χ0) is 26.1. The van der Waals surface area contributed by atoms with E-state index in [-0.39, 0.29) is 17.2 Å². The number of halogens is 3. The summed E-state index contributed by atoms with van der Waals surface area (Å²) in [6.45, 7) is 3.34. The molecule has 2 aromatic rings. The summed E-state index contributed by atoms with van der Waals surface area (Å²) >= 11 is 12.3. The molecule has 1 N–H and O–H groups in total. The van der Waals surface area contributed by atoms with Crippen molar-refractivity contribution in [3.8, 4) is 0 Å². The minimum Gasteiger partial charge on any atom is -0.481 e. The largest absolute Gasteiger partial charge is 0.481 e. The fraction of sp³-hybridized carbons (Fsp3) is 0.440. The van der Waals surface area contributed by atoms with Gasteiger partial charge in [0.05, 0.1) is 23.6 Å². The molecule has 0 aromatic heterocycles. The van der Waals surface area contributed by atoms with Crippen LogP contribution < -0.4 is 0 Å². The Morgan fingerprint density at radius 1 is 1.17 bits per heavy atom. The Balaban J connectivity index is 2.29. The summed E-state index contributed by atoms with van der Waals surface area (Å²) in [6.07, 6.45) is 1.08. The Hall–Kier alpha value is -2.16. The maximum absolute atomic E-state index is 14.4. The first-order valence-corrected chi connectivity index (χ1v) is 14.0. The number of carboxylic acids is 1. The van der Waals surface area contributed by atoms with Crippen LogP contribution in [0, 0.1) is 11.2 Å². The van der Waals surface area contributed by atoms with E-state index >= 15 is 0 Å². The van der Waals surface area contributed by atoms with Crippen molar-refractivity contribution in [2.75, 3.05) is 12.0 Å². The second kappa shape index (κ2) is 10.4. The molecule has 0 spiro atoms. The molecule has 3 rings (SSSR count). The van der Waals surface area contributed by atoms with Crippen LogP contribution in [-0.2, 0) is 19.4 Å². The molecule has 0 radical (unpaired) electrons. The lowest BCUT2D eigenvalue weighted by atomic mass is 9.67. The van der Waals surface area contributed by atoms with Gasteiger partial charge >= 0.3 is 5.97 Å². The molecule has 2 aromatic carbocycles. The minimum absolute atomic E-state index is 0.108. The fourth-order valence-electron chi connectivity index (χ4n) is 5.08. The highest BCUT2D eigenvalue weighted by atomic mass is 35.5. The van der Waals surface area contributed by atoms with Gasteiger partial charge in [0.25, 0.3) is 0 Å². The first-order valence-electron chi connectivity index (χ1n) is 11.2. The average Bonchev–Trinajstić information content (AvgIpc) is 2.72. The van der Waals surface area contributed by atoms with Crippen LogP contribution >= 0.6 is 23.2 Å². The number of carbonyl (C=O) groups is 2. The van der Waals surface area contributed by atoms with Gasteiger partial charge in [-0.2, -0.15) is 0 Å². The zero-order valence-corrected chi connectivity index (χ0v) is 22.0. The predicted molar refractivity (Wildman–Crippen MR) is 134 cm³/mol. The predicted octanol–water partition coefficient (Wildman–Crippen LogP) is 5.49. The molecule has 0 saturated carbocycles. The summed E-state index contributed by atoms with van der Waals surface area (Å²) < 4.78 is 39.0. The van der Waals surface area contributed by atoms with Gasteiger partial charge in [-0.1, -0.05) is 49.2 Å². The van der Waals surface area contributed by atoms with E-state index in [2.05, 4.69) is 0 Å². The Morgan fingerprint density at radius 2 is 1.80 bits per heavy atom. The van der Waals surface area contributed by atoms with Gasteiger partial charge in [0.15, 0.2) is 0 Å². The van der Waals surface area contributed by atoms with Crippen molar-refractivity contribution < 1.29 is 27.5 Å². The highest BCUT2D eigenvalue weighted by molar-refractivity contribution is 7.90. The van der Waals surface area contributed by atoms with Crippen LogP contribution in [0.3, 0.4) is 0 Å². The van der Waals surface area contributed by atoms with Gasteiger partial charge in [0.2, 0.25) is 5.91 Å². The molecule has 1 amide bonds. The molecule has 1 aliphatic heterocycles. The van der Waals surface area contributed by atoms with Gasteiger partial charge in [-0.15, -0.1) is 0 Å². The third kappa shape index (κ3) is 6.35. The summed E-state index contributed by atoms with van der Waals surface area (Å²) in [5.41, 5.74) is -0.168. The maximum Gasteiger partial charge on any atom is 0.304 e. The van der Waals surface area contributed by atoms with Crippen LogP contribution in [0.4, 0.5) is 4.39 Å².